The highest BCUT2D eigenvalue weighted by Gasteiger charge is 2.48. The zero-order valence-electron chi connectivity index (χ0n) is 9.55. The van der Waals surface area contributed by atoms with Crippen LogP contribution in [0.4, 0.5) is 0 Å². The summed E-state index contributed by atoms with van der Waals surface area (Å²) in [5.74, 6) is 0.662. The molecule has 1 N–H and O–H groups in total. The summed E-state index contributed by atoms with van der Waals surface area (Å²) in [6.45, 7) is 7.31. The molecule has 0 heterocycles. The molecular formula is C12H22O2. The predicted octanol–water partition coefficient (Wildman–Crippen LogP) is 2.35. The Kier molecular flexibility index (Phi) is 2.39. The average molecular weight is 198 g/mol. The molecule has 0 spiro atoms. The molecule has 2 aliphatic rings. The average Bonchev–Trinajstić information content (AvgIpc) is 2.76. The standard InChI is InChI=1S/C12H22O2/c1-11(2,3)9-6-12(13,7-9)8-14-10-4-5-10/h9-10,13H,4-8H2,1-3H3. The van der Waals surface area contributed by atoms with Crippen molar-refractivity contribution in [3.05, 3.63) is 0 Å². The molecule has 0 aromatic rings. The first-order valence-corrected chi connectivity index (χ1v) is 5.73. The second kappa shape index (κ2) is 3.21. The molecule has 2 aliphatic carbocycles. The van der Waals surface area contributed by atoms with Gasteiger partial charge in [0.05, 0.1) is 18.3 Å². The first-order valence-electron chi connectivity index (χ1n) is 5.73. The van der Waals surface area contributed by atoms with Crippen LogP contribution in [0.3, 0.4) is 0 Å². The van der Waals surface area contributed by atoms with Gasteiger partial charge in [-0.3, -0.25) is 0 Å². The van der Waals surface area contributed by atoms with Gasteiger partial charge in [0, 0.05) is 0 Å². The van der Waals surface area contributed by atoms with Crippen LogP contribution < -0.4 is 0 Å². The largest absolute Gasteiger partial charge is 0.387 e. The monoisotopic (exact) mass is 198 g/mol. The Bertz CT molecular complexity index is 207. The van der Waals surface area contributed by atoms with E-state index >= 15 is 0 Å². The summed E-state index contributed by atoms with van der Waals surface area (Å²) in [7, 11) is 0. The van der Waals surface area contributed by atoms with E-state index in [0.717, 1.165) is 12.8 Å². The third-order valence-electron chi connectivity index (χ3n) is 3.59. The maximum atomic E-state index is 10.1. The summed E-state index contributed by atoms with van der Waals surface area (Å²) < 4.78 is 5.57. The van der Waals surface area contributed by atoms with Crippen molar-refractivity contribution in [2.75, 3.05) is 6.61 Å². The second-order valence-electron chi connectivity index (χ2n) is 6.21. The summed E-state index contributed by atoms with van der Waals surface area (Å²) >= 11 is 0. The van der Waals surface area contributed by atoms with Gasteiger partial charge in [0.2, 0.25) is 0 Å². The SMILES string of the molecule is CC(C)(C)C1CC(O)(COC2CC2)C1. The highest BCUT2D eigenvalue weighted by atomic mass is 16.5. The fourth-order valence-corrected chi connectivity index (χ4v) is 2.10. The Morgan fingerprint density at radius 1 is 1.29 bits per heavy atom. The van der Waals surface area contributed by atoms with Crippen LogP contribution in [-0.4, -0.2) is 23.4 Å². The van der Waals surface area contributed by atoms with E-state index in [2.05, 4.69) is 20.8 Å². The zero-order chi connectivity index (χ0) is 10.4. The number of aliphatic hydroxyl groups is 1. The summed E-state index contributed by atoms with van der Waals surface area (Å²) in [5, 5.41) is 10.1. The molecule has 0 aliphatic heterocycles. The first-order chi connectivity index (χ1) is 6.39. The fraction of sp³-hybridized carbons (Fsp3) is 1.00. The summed E-state index contributed by atoms with van der Waals surface area (Å²) in [6.07, 6.45) is 4.69. The van der Waals surface area contributed by atoms with E-state index in [1.54, 1.807) is 0 Å². The van der Waals surface area contributed by atoms with Gasteiger partial charge in [-0.15, -0.1) is 0 Å². The second-order valence-corrected chi connectivity index (χ2v) is 6.21. The van der Waals surface area contributed by atoms with Crippen molar-refractivity contribution in [1.29, 1.82) is 0 Å². The minimum Gasteiger partial charge on any atom is -0.387 e. The number of rotatable bonds is 3. The lowest BCUT2D eigenvalue weighted by Crippen LogP contribution is -2.51. The molecule has 82 valence electrons. The Hall–Kier alpha value is -0.0800. The normalized spacial score (nSPS) is 38.1. The number of hydrogen-bond donors (Lipinski definition) is 1. The summed E-state index contributed by atoms with van der Waals surface area (Å²) in [4.78, 5) is 0. The van der Waals surface area contributed by atoms with E-state index in [-0.39, 0.29) is 0 Å². The molecule has 0 atom stereocenters. The van der Waals surface area contributed by atoms with E-state index in [4.69, 9.17) is 4.74 Å². The van der Waals surface area contributed by atoms with Crippen molar-refractivity contribution in [1.82, 2.24) is 0 Å². The van der Waals surface area contributed by atoms with Crippen molar-refractivity contribution in [3.8, 4) is 0 Å². The summed E-state index contributed by atoms with van der Waals surface area (Å²) in [5.41, 5.74) is -0.160. The van der Waals surface area contributed by atoms with Gasteiger partial charge in [-0.2, -0.15) is 0 Å². The molecule has 0 aromatic heterocycles. The molecule has 2 rings (SSSR count). The van der Waals surface area contributed by atoms with Crippen LogP contribution >= 0.6 is 0 Å². The highest BCUT2D eigenvalue weighted by Crippen LogP contribution is 2.48. The highest BCUT2D eigenvalue weighted by molar-refractivity contribution is 4.98. The predicted molar refractivity (Wildman–Crippen MR) is 56.1 cm³/mol. The van der Waals surface area contributed by atoms with Gasteiger partial charge < -0.3 is 9.84 Å². The van der Waals surface area contributed by atoms with Crippen molar-refractivity contribution >= 4 is 0 Å². The van der Waals surface area contributed by atoms with Crippen molar-refractivity contribution in [2.45, 2.75) is 58.2 Å². The smallest absolute Gasteiger partial charge is 0.0886 e. The van der Waals surface area contributed by atoms with Crippen LogP contribution in [0.25, 0.3) is 0 Å². The van der Waals surface area contributed by atoms with Crippen molar-refractivity contribution in [3.63, 3.8) is 0 Å². The lowest BCUT2D eigenvalue weighted by molar-refractivity contribution is -0.149. The first kappa shape index (κ1) is 10.4. The number of ether oxygens (including phenoxy) is 1. The van der Waals surface area contributed by atoms with Crippen LogP contribution in [-0.2, 0) is 4.74 Å². The Morgan fingerprint density at radius 3 is 2.29 bits per heavy atom. The van der Waals surface area contributed by atoms with Gasteiger partial charge in [-0.05, 0) is 37.0 Å². The Balaban J connectivity index is 1.73. The quantitative estimate of drug-likeness (QED) is 0.754. The number of hydrogen-bond acceptors (Lipinski definition) is 2. The van der Waals surface area contributed by atoms with Crippen LogP contribution in [0, 0.1) is 11.3 Å². The Morgan fingerprint density at radius 2 is 1.86 bits per heavy atom. The van der Waals surface area contributed by atoms with E-state index in [1.165, 1.54) is 12.8 Å². The maximum Gasteiger partial charge on any atom is 0.0886 e. The van der Waals surface area contributed by atoms with Crippen LogP contribution in [0.2, 0.25) is 0 Å². The van der Waals surface area contributed by atoms with Crippen LogP contribution in [0.5, 0.6) is 0 Å². The van der Waals surface area contributed by atoms with Gasteiger partial charge in [-0.1, -0.05) is 20.8 Å². The summed E-state index contributed by atoms with van der Waals surface area (Å²) in [6, 6.07) is 0. The van der Waals surface area contributed by atoms with Gasteiger partial charge in [0.25, 0.3) is 0 Å². The van der Waals surface area contributed by atoms with Crippen LogP contribution in [0.1, 0.15) is 46.5 Å². The minimum atomic E-state index is -0.499. The van der Waals surface area contributed by atoms with E-state index < -0.39 is 5.60 Å². The molecule has 2 saturated carbocycles. The third kappa shape index (κ3) is 2.29. The fourth-order valence-electron chi connectivity index (χ4n) is 2.10. The molecule has 0 radical (unpaired) electrons. The van der Waals surface area contributed by atoms with Crippen molar-refractivity contribution in [2.24, 2.45) is 11.3 Å². The lowest BCUT2D eigenvalue weighted by Gasteiger charge is -2.49. The Labute approximate surface area is 86.6 Å². The molecule has 2 nitrogen and oxygen atoms in total. The zero-order valence-corrected chi connectivity index (χ0v) is 9.55. The van der Waals surface area contributed by atoms with Gasteiger partial charge in [0.1, 0.15) is 0 Å². The molecule has 0 bridgehead atoms. The maximum absolute atomic E-state index is 10.1. The van der Waals surface area contributed by atoms with Crippen molar-refractivity contribution < 1.29 is 9.84 Å². The van der Waals surface area contributed by atoms with Gasteiger partial charge >= 0.3 is 0 Å². The lowest BCUT2D eigenvalue weighted by atomic mass is 9.61. The molecule has 14 heavy (non-hydrogen) atoms. The molecule has 0 amide bonds. The minimum absolute atomic E-state index is 0.339. The molecule has 0 saturated heterocycles. The van der Waals surface area contributed by atoms with E-state index in [9.17, 15) is 5.11 Å². The molecule has 0 unspecified atom stereocenters. The van der Waals surface area contributed by atoms with Crippen LogP contribution in [0.15, 0.2) is 0 Å². The van der Waals surface area contributed by atoms with Gasteiger partial charge in [-0.25, -0.2) is 0 Å². The molecule has 0 aromatic carbocycles. The topological polar surface area (TPSA) is 29.5 Å². The molecule has 2 fully saturated rings. The third-order valence-corrected chi connectivity index (χ3v) is 3.59. The van der Waals surface area contributed by atoms with Gasteiger partial charge in [0.15, 0.2) is 0 Å². The molecule has 2 heteroatoms. The van der Waals surface area contributed by atoms with E-state index in [0.29, 0.717) is 24.0 Å². The molecular weight excluding hydrogens is 176 g/mol. The van der Waals surface area contributed by atoms with E-state index in [1.807, 2.05) is 0 Å².